The third kappa shape index (κ3) is 3.41. The van der Waals surface area contributed by atoms with Crippen molar-refractivity contribution in [3.63, 3.8) is 0 Å². The van der Waals surface area contributed by atoms with Gasteiger partial charge in [0, 0.05) is 0 Å². The first-order chi connectivity index (χ1) is 15.2. The van der Waals surface area contributed by atoms with Gasteiger partial charge in [0.2, 0.25) is 5.91 Å². The summed E-state index contributed by atoms with van der Waals surface area (Å²) in [5.41, 5.74) is 3.95. The Morgan fingerprint density at radius 3 is 2.06 bits per heavy atom. The van der Waals surface area contributed by atoms with Gasteiger partial charge < -0.3 is 0 Å². The normalized spacial score (nSPS) is 22.8. The first kappa shape index (κ1) is 19.5. The summed E-state index contributed by atoms with van der Waals surface area (Å²) in [7, 11) is 0. The number of hydroxylamine groups is 1. The third-order valence-corrected chi connectivity index (χ3v) is 6.13. The average Bonchev–Trinajstić information content (AvgIpc) is 3.32. The number of nitrogens with zero attached hydrogens (tertiary/aromatic N) is 2. The van der Waals surface area contributed by atoms with Crippen LogP contribution in [0.4, 0.5) is 5.69 Å². The van der Waals surface area contributed by atoms with Crippen LogP contribution in [0.3, 0.4) is 0 Å². The molecule has 2 aliphatic rings. The van der Waals surface area contributed by atoms with Gasteiger partial charge in [-0.15, -0.1) is 0 Å². The van der Waals surface area contributed by atoms with Crippen molar-refractivity contribution in [3.05, 3.63) is 102 Å². The zero-order valence-electron chi connectivity index (χ0n) is 17.3. The molecule has 3 aromatic rings. The van der Waals surface area contributed by atoms with Crippen molar-refractivity contribution in [1.82, 2.24) is 4.90 Å². The topological polar surface area (TPSA) is 49.9 Å². The molecular formula is C26H24N2O3. The standard InChI is InChI=1S/C26H24N2O3/c1-2-18-13-15-20(16-14-18)23-22-24(31-28(23)21-11-7-4-8-12-21)26(30)27(25(22)29)17-19-9-5-3-6-10-19/h3-16,22-24H,2,17H2,1H3/t22-,23+,24+/m0/s1. The van der Waals surface area contributed by atoms with Crippen molar-refractivity contribution < 1.29 is 14.4 Å². The molecule has 5 rings (SSSR count). The first-order valence-electron chi connectivity index (χ1n) is 10.7. The van der Waals surface area contributed by atoms with Crippen LogP contribution in [-0.4, -0.2) is 22.8 Å². The number of carbonyl (C=O) groups is 2. The molecule has 31 heavy (non-hydrogen) atoms. The summed E-state index contributed by atoms with van der Waals surface area (Å²) < 4.78 is 0. The lowest BCUT2D eigenvalue weighted by Gasteiger charge is -2.29. The number of likely N-dealkylation sites (tertiary alicyclic amines) is 1. The van der Waals surface area contributed by atoms with Gasteiger partial charge in [-0.25, -0.2) is 5.06 Å². The van der Waals surface area contributed by atoms with Crippen LogP contribution < -0.4 is 5.06 Å². The molecule has 0 N–H and O–H groups in total. The average molecular weight is 412 g/mol. The lowest BCUT2D eigenvalue weighted by molar-refractivity contribution is -0.143. The highest BCUT2D eigenvalue weighted by Gasteiger charge is 2.59. The van der Waals surface area contributed by atoms with Crippen LogP contribution in [-0.2, 0) is 27.4 Å². The first-order valence-corrected chi connectivity index (χ1v) is 10.7. The molecule has 0 bridgehead atoms. The van der Waals surface area contributed by atoms with E-state index in [0.717, 1.165) is 23.2 Å². The van der Waals surface area contributed by atoms with Crippen molar-refractivity contribution >= 4 is 17.5 Å². The molecule has 0 radical (unpaired) electrons. The molecule has 5 heteroatoms. The summed E-state index contributed by atoms with van der Waals surface area (Å²) in [6, 6.07) is 27.1. The molecule has 0 spiro atoms. The van der Waals surface area contributed by atoms with E-state index < -0.39 is 12.0 Å². The van der Waals surface area contributed by atoms with Crippen LogP contribution >= 0.6 is 0 Å². The lowest BCUT2D eigenvalue weighted by Crippen LogP contribution is -2.36. The molecule has 0 saturated carbocycles. The number of benzene rings is 3. The van der Waals surface area contributed by atoms with E-state index in [1.165, 1.54) is 10.5 Å². The molecule has 2 saturated heterocycles. The molecule has 5 nitrogen and oxygen atoms in total. The molecule has 3 aromatic carbocycles. The Kier molecular flexibility index (Phi) is 5.04. The van der Waals surface area contributed by atoms with E-state index in [2.05, 4.69) is 19.1 Å². The van der Waals surface area contributed by atoms with Gasteiger partial charge >= 0.3 is 0 Å². The Morgan fingerprint density at radius 1 is 0.774 bits per heavy atom. The maximum absolute atomic E-state index is 13.5. The number of para-hydroxylation sites is 1. The fraction of sp³-hybridized carbons (Fsp3) is 0.231. The molecule has 2 aliphatic heterocycles. The van der Waals surface area contributed by atoms with Crippen molar-refractivity contribution in [2.75, 3.05) is 5.06 Å². The smallest absolute Gasteiger partial charge is 0.262 e. The Bertz CT molecular complexity index is 1080. The number of fused-ring (bicyclic) bond motifs is 1. The van der Waals surface area contributed by atoms with Gasteiger partial charge in [0.15, 0.2) is 6.10 Å². The van der Waals surface area contributed by atoms with E-state index in [-0.39, 0.29) is 24.4 Å². The van der Waals surface area contributed by atoms with E-state index in [4.69, 9.17) is 4.84 Å². The maximum Gasteiger partial charge on any atom is 0.262 e. The van der Waals surface area contributed by atoms with Crippen LogP contribution in [0.2, 0.25) is 0 Å². The number of rotatable bonds is 5. The minimum atomic E-state index is -0.813. The molecule has 0 unspecified atom stereocenters. The van der Waals surface area contributed by atoms with Gasteiger partial charge in [-0.1, -0.05) is 79.7 Å². The number of amides is 2. The zero-order valence-corrected chi connectivity index (χ0v) is 17.3. The van der Waals surface area contributed by atoms with Gasteiger partial charge in [-0.05, 0) is 35.2 Å². The highest BCUT2D eigenvalue weighted by Crippen LogP contribution is 2.46. The van der Waals surface area contributed by atoms with E-state index >= 15 is 0 Å². The molecule has 0 aliphatic carbocycles. The SMILES string of the molecule is CCc1ccc([C@@H]2[C@@H]3C(=O)N(Cc4ccccc4)C(=O)[C@@H]3ON2c2ccccc2)cc1. The van der Waals surface area contributed by atoms with E-state index in [1.54, 1.807) is 5.06 Å². The van der Waals surface area contributed by atoms with Gasteiger partial charge in [-0.3, -0.25) is 19.3 Å². The Balaban J connectivity index is 1.52. The minimum Gasteiger partial charge on any atom is -0.275 e. The number of hydrogen-bond donors (Lipinski definition) is 0. The number of anilines is 1. The van der Waals surface area contributed by atoms with Crippen molar-refractivity contribution in [2.45, 2.75) is 32.0 Å². The predicted octanol–water partition coefficient (Wildman–Crippen LogP) is 4.30. The minimum absolute atomic E-state index is 0.179. The summed E-state index contributed by atoms with van der Waals surface area (Å²) in [4.78, 5) is 34.2. The molecule has 156 valence electrons. The second-order valence-electron chi connectivity index (χ2n) is 8.00. The van der Waals surface area contributed by atoms with Crippen LogP contribution in [0, 0.1) is 5.92 Å². The molecular weight excluding hydrogens is 388 g/mol. The maximum atomic E-state index is 13.5. The molecule has 2 amide bonds. The molecule has 2 fully saturated rings. The van der Waals surface area contributed by atoms with Crippen LogP contribution in [0.1, 0.15) is 29.7 Å². The number of aryl methyl sites for hydroxylation is 1. The predicted molar refractivity (Wildman–Crippen MR) is 118 cm³/mol. The van der Waals surface area contributed by atoms with Gasteiger partial charge in [-0.2, -0.15) is 0 Å². The van der Waals surface area contributed by atoms with E-state index in [1.807, 2.05) is 72.8 Å². The highest BCUT2D eigenvalue weighted by molar-refractivity contribution is 6.07. The van der Waals surface area contributed by atoms with Crippen molar-refractivity contribution in [1.29, 1.82) is 0 Å². The number of imide groups is 1. The quantitative estimate of drug-likeness (QED) is 0.587. The van der Waals surface area contributed by atoms with Gasteiger partial charge in [0.1, 0.15) is 5.92 Å². The van der Waals surface area contributed by atoms with Crippen molar-refractivity contribution in [2.24, 2.45) is 5.92 Å². The Morgan fingerprint density at radius 2 is 1.42 bits per heavy atom. The van der Waals surface area contributed by atoms with Gasteiger partial charge in [0.25, 0.3) is 5.91 Å². The highest BCUT2D eigenvalue weighted by atomic mass is 16.7. The number of hydrogen-bond acceptors (Lipinski definition) is 4. The summed E-state index contributed by atoms with van der Waals surface area (Å²) in [5.74, 6) is -1.03. The monoisotopic (exact) mass is 412 g/mol. The van der Waals surface area contributed by atoms with Crippen LogP contribution in [0.25, 0.3) is 0 Å². The summed E-state index contributed by atoms with van der Waals surface area (Å²) in [5, 5.41) is 1.74. The van der Waals surface area contributed by atoms with E-state index in [9.17, 15) is 9.59 Å². The second-order valence-corrected chi connectivity index (χ2v) is 8.00. The Labute approximate surface area is 181 Å². The fourth-order valence-electron chi connectivity index (χ4n) is 4.48. The van der Waals surface area contributed by atoms with Gasteiger partial charge in [0.05, 0.1) is 18.3 Å². The summed E-state index contributed by atoms with van der Waals surface area (Å²) in [6.45, 7) is 2.38. The molecule has 2 heterocycles. The summed E-state index contributed by atoms with van der Waals surface area (Å²) in [6.07, 6.45) is 0.130. The lowest BCUT2D eigenvalue weighted by atomic mass is 9.90. The van der Waals surface area contributed by atoms with E-state index in [0.29, 0.717) is 0 Å². The van der Waals surface area contributed by atoms with Crippen LogP contribution in [0.15, 0.2) is 84.9 Å². The largest absolute Gasteiger partial charge is 0.275 e. The molecule has 0 aromatic heterocycles. The zero-order chi connectivity index (χ0) is 21.4. The Hall–Kier alpha value is -3.44. The second kappa shape index (κ2) is 8.00. The van der Waals surface area contributed by atoms with Crippen molar-refractivity contribution in [3.8, 4) is 0 Å². The third-order valence-electron chi connectivity index (χ3n) is 6.13. The van der Waals surface area contributed by atoms with Crippen LogP contribution in [0.5, 0.6) is 0 Å². The fourth-order valence-corrected chi connectivity index (χ4v) is 4.48. The molecule has 3 atom stereocenters. The number of carbonyl (C=O) groups excluding carboxylic acids is 2. The summed E-state index contributed by atoms with van der Waals surface area (Å²) >= 11 is 0.